The number of carbonyl (C=O) groups is 2. The fourth-order valence-electron chi connectivity index (χ4n) is 2.64. The van der Waals surface area contributed by atoms with Crippen molar-refractivity contribution in [2.45, 2.75) is 32.7 Å². The second-order valence-corrected chi connectivity index (χ2v) is 7.38. The Balaban J connectivity index is 1.89. The van der Waals surface area contributed by atoms with Gasteiger partial charge in [0.25, 0.3) is 11.8 Å². The molecule has 0 spiro atoms. The van der Waals surface area contributed by atoms with Gasteiger partial charge in [-0.25, -0.2) is 0 Å². The highest BCUT2D eigenvalue weighted by Crippen LogP contribution is 2.32. The number of amides is 2. The lowest BCUT2D eigenvalue weighted by Gasteiger charge is -2.20. The van der Waals surface area contributed by atoms with Crippen LogP contribution in [0.5, 0.6) is 0 Å². The summed E-state index contributed by atoms with van der Waals surface area (Å²) >= 11 is 6.17. The maximum Gasteiger partial charge on any atom is 0.273 e. The molecule has 1 aromatic heterocycles. The number of pyridine rings is 1. The monoisotopic (exact) mass is 353 g/mol. The Kier molecular flexibility index (Phi) is 4.48. The number of nitrogens with zero attached hydrogens (tertiary/aromatic N) is 2. The standard InChI is InChI=1S/C20H18ClN2O2/c1-20(2,3)15-9-13(10-22-11-15)12-23-18(24)16(17(21)19(23)25)14-7-5-4-6-8-14/h4-10H,12H2,1-3H3. The zero-order chi connectivity index (χ0) is 18.2. The number of hydrogen-bond acceptors (Lipinski definition) is 3. The molecule has 1 radical (unpaired) electrons. The average molecular weight is 354 g/mol. The summed E-state index contributed by atoms with van der Waals surface area (Å²) in [6.45, 7) is 6.31. The summed E-state index contributed by atoms with van der Waals surface area (Å²) in [5.74, 6) is -0.859. The number of halogens is 1. The normalized spacial score (nSPS) is 15.3. The van der Waals surface area contributed by atoms with Crippen molar-refractivity contribution in [3.8, 4) is 0 Å². The van der Waals surface area contributed by atoms with Crippen LogP contribution in [0, 0.1) is 6.20 Å². The Morgan fingerprint density at radius 1 is 1.12 bits per heavy atom. The van der Waals surface area contributed by atoms with Gasteiger partial charge >= 0.3 is 0 Å². The van der Waals surface area contributed by atoms with Crippen molar-refractivity contribution in [2.75, 3.05) is 0 Å². The van der Waals surface area contributed by atoms with Gasteiger partial charge in [-0.1, -0.05) is 62.7 Å². The highest BCUT2D eigenvalue weighted by Gasteiger charge is 2.38. The van der Waals surface area contributed by atoms with Gasteiger partial charge < -0.3 is 0 Å². The number of aromatic nitrogens is 1. The summed E-state index contributed by atoms with van der Waals surface area (Å²) in [7, 11) is 0. The predicted molar refractivity (Wildman–Crippen MR) is 96.5 cm³/mol. The summed E-state index contributed by atoms with van der Waals surface area (Å²) < 4.78 is 0. The number of imide groups is 1. The molecule has 3 rings (SSSR count). The minimum atomic E-state index is -0.476. The molecule has 2 aromatic rings. The van der Waals surface area contributed by atoms with Crippen LogP contribution < -0.4 is 0 Å². The van der Waals surface area contributed by atoms with Crippen molar-refractivity contribution in [1.82, 2.24) is 9.88 Å². The molecule has 2 amide bonds. The van der Waals surface area contributed by atoms with Crippen molar-refractivity contribution >= 4 is 29.0 Å². The third-order valence-corrected chi connectivity index (χ3v) is 4.42. The van der Waals surface area contributed by atoms with E-state index in [1.165, 1.54) is 0 Å². The van der Waals surface area contributed by atoms with Gasteiger partial charge in [0.15, 0.2) is 0 Å². The van der Waals surface area contributed by atoms with Gasteiger partial charge in [-0.15, -0.1) is 0 Å². The summed E-state index contributed by atoms with van der Waals surface area (Å²) in [5.41, 5.74) is 2.46. The molecule has 0 saturated carbocycles. The molecule has 4 nitrogen and oxygen atoms in total. The van der Waals surface area contributed by atoms with Gasteiger partial charge in [0, 0.05) is 6.20 Å². The van der Waals surface area contributed by atoms with E-state index in [0.29, 0.717) is 5.56 Å². The third-order valence-electron chi connectivity index (χ3n) is 4.07. The lowest BCUT2D eigenvalue weighted by atomic mass is 9.87. The van der Waals surface area contributed by atoms with Crippen LogP contribution in [0.15, 0.2) is 47.6 Å². The number of rotatable bonds is 3. The van der Waals surface area contributed by atoms with Crippen LogP contribution in [0.25, 0.3) is 5.57 Å². The van der Waals surface area contributed by atoms with E-state index in [0.717, 1.165) is 16.0 Å². The molecule has 1 aromatic carbocycles. The van der Waals surface area contributed by atoms with E-state index in [1.807, 2.05) is 12.1 Å². The SMILES string of the molecule is CC(C)(C)c1[c]ncc(CN2C(=O)C(Cl)=C(c3ccccc3)C2=O)c1. The first kappa shape index (κ1) is 17.4. The second kappa shape index (κ2) is 6.45. The molecule has 0 unspecified atom stereocenters. The first-order chi connectivity index (χ1) is 11.8. The highest BCUT2D eigenvalue weighted by atomic mass is 35.5. The number of benzene rings is 1. The third kappa shape index (κ3) is 3.35. The molecular formula is C20H18ClN2O2. The van der Waals surface area contributed by atoms with Crippen LogP contribution in [0.2, 0.25) is 0 Å². The molecule has 0 N–H and O–H groups in total. The Morgan fingerprint density at radius 2 is 1.80 bits per heavy atom. The van der Waals surface area contributed by atoms with Gasteiger partial charge in [0.2, 0.25) is 0 Å². The molecule has 2 heterocycles. The highest BCUT2D eigenvalue weighted by molar-refractivity contribution is 6.55. The molecule has 0 saturated heterocycles. The molecule has 0 atom stereocenters. The van der Waals surface area contributed by atoms with Crippen molar-refractivity contribution in [1.29, 1.82) is 0 Å². The quantitative estimate of drug-likeness (QED) is 0.790. The molecule has 0 fully saturated rings. The summed E-state index contributed by atoms with van der Waals surface area (Å²) in [5, 5.41) is -0.0392. The zero-order valence-corrected chi connectivity index (χ0v) is 15.1. The fraction of sp³-hybridized carbons (Fsp3) is 0.250. The van der Waals surface area contributed by atoms with Crippen LogP contribution in [0.3, 0.4) is 0 Å². The van der Waals surface area contributed by atoms with Gasteiger partial charge in [-0.3, -0.25) is 19.5 Å². The van der Waals surface area contributed by atoms with E-state index in [9.17, 15) is 9.59 Å². The van der Waals surface area contributed by atoms with Crippen LogP contribution >= 0.6 is 11.6 Å². The molecule has 127 valence electrons. The van der Waals surface area contributed by atoms with E-state index in [-0.39, 0.29) is 28.5 Å². The average Bonchev–Trinajstić information content (AvgIpc) is 2.79. The van der Waals surface area contributed by atoms with Gasteiger partial charge in [0.1, 0.15) is 5.03 Å². The van der Waals surface area contributed by atoms with Crippen LogP contribution in [-0.4, -0.2) is 21.7 Å². The van der Waals surface area contributed by atoms with Gasteiger partial charge in [-0.05, 0) is 28.2 Å². The van der Waals surface area contributed by atoms with Gasteiger partial charge in [0.05, 0.1) is 18.3 Å². The summed E-state index contributed by atoms with van der Waals surface area (Å²) in [4.78, 5) is 30.5. The molecule has 5 heteroatoms. The number of carbonyl (C=O) groups excluding carboxylic acids is 2. The van der Waals surface area contributed by atoms with Crippen LogP contribution in [0.4, 0.5) is 0 Å². The van der Waals surface area contributed by atoms with E-state index >= 15 is 0 Å². The lowest BCUT2D eigenvalue weighted by Crippen LogP contribution is -2.31. The van der Waals surface area contributed by atoms with Crippen molar-refractivity contribution in [2.24, 2.45) is 0 Å². The minimum absolute atomic E-state index is 0.0392. The maximum atomic E-state index is 12.7. The van der Waals surface area contributed by atoms with E-state index < -0.39 is 5.91 Å². The maximum absolute atomic E-state index is 12.7. The molecular weight excluding hydrogens is 336 g/mol. The van der Waals surface area contributed by atoms with E-state index in [4.69, 9.17) is 11.6 Å². The summed E-state index contributed by atoms with van der Waals surface area (Å²) in [6.07, 6.45) is 4.58. The lowest BCUT2D eigenvalue weighted by molar-refractivity contribution is -0.137. The van der Waals surface area contributed by atoms with Gasteiger partial charge in [-0.2, -0.15) is 0 Å². The second-order valence-electron chi connectivity index (χ2n) is 7.00. The van der Waals surface area contributed by atoms with E-state index in [1.54, 1.807) is 30.5 Å². The minimum Gasteiger partial charge on any atom is -0.269 e. The van der Waals surface area contributed by atoms with Crippen LogP contribution in [-0.2, 0) is 21.5 Å². The summed E-state index contributed by atoms with van der Waals surface area (Å²) in [6, 6.07) is 10.9. The largest absolute Gasteiger partial charge is 0.273 e. The molecule has 1 aliphatic rings. The predicted octanol–water partition coefficient (Wildman–Crippen LogP) is 3.70. The number of hydrogen-bond donors (Lipinski definition) is 0. The Morgan fingerprint density at radius 3 is 2.44 bits per heavy atom. The molecule has 0 aliphatic carbocycles. The Bertz CT molecular complexity index is 867. The van der Waals surface area contributed by atoms with E-state index in [2.05, 4.69) is 32.0 Å². The molecule has 1 aliphatic heterocycles. The van der Waals surface area contributed by atoms with Crippen molar-refractivity contribution in [3.63, 3.8) is 0 Å². The van der Waals surface area contributed by atoms with Crippen LogP contribution in [0.1, 0.15) is 37.5 Å². The first-order valence-corrected chi connectivity index (χ1v) is 8.35. The Hall–Kier alpha value is -2.46. The van der Waals surface area contributed by atoms with Crippen molar-refractivity contribution in [3.05, 3.63) is 70.5 Å². The zero-order valence-electron chi connectivity index (χ0n) is 14.3. The van der Waals surface area contributed by atoms with Crippen molar-refractivity contribution < 1.29 is 9.59 Å². The molecule has 25 heavy (non-hydrogen) atoms. The smallest absolute Gasteiger partial charge is 0.269 e. The molecule has 0 bridgehead atoms. The Labute approximate surface area is 152 Å². The first-order valence-electron chi connectivity index (χ1n) is 7.97. The topological polar surface area (TPSA) is 50.3 Å². The fourth-order valence-corrected chi connectivity index (χ4v) is 2.93.